The maximum absolute atomic E-state index is 12.7. The molecule has 2 atom stereocenters. The van der Waals surface area contributed by atoms with Gasteiger partial charge in [-0.05, 0) is 49.2 Å². The van der Waals surface area contributed by atoms with E-state index in [4.69, 9.17) is 16.6 Å². The van der Waals surface area contributed by atoms with Gasteiger partial charge in [-0.2, -0.15) is 0 Å². The lowest BCUT2D eigenvalue weighted by Crippen LogP contribution is -2.30. The summed E-state index contributed by atoms with van der Waals surface area (Å²) in [7, 11) is 0. The van der Waals surface area contributed by atoms with Crippen molar-refractivity contribution in [1.29, 1.82) is 0 Å². The number of benzene rings is 3. The summed E-state index contributed by atoms with van der Waals surface area (Å²) >= 11 is 5.94. The lowest BCUT2D eigenvalue weighted by Gasteiger charge is -2.22. The number of hydrogen-bond donors (Lipinski definition) is 1. The minimum absolute atomic E-state index is 0.0456. The average Bonchev–Trinajstić information content (AvgIpc) is 3.15. The van der Waals surface area contributed by atoms with E-state index in [2.05, 4.69) is 35.0 Å². The van der Waals surface area contributed by atoms with E-state index in [1.54, 1.807) is 12.1 Å². The van der Waals surface area contributed by atoms with Crippen LogP contribution in [0.25, 0.3) is 11.0 Å². The Hall–Kier alpha value is -3.11. The predicted octanol–water partition coefficient (Wildman–Crippen LogP) is 5.72. The molecule has 4 aromatic rings. The van der Waals surface area contributed by atoms with Gasteiger partial charge in [-0.1, -0.05) is 66.2 Å². The number of fused-ring (bicyclic) bond motifs is 1. The topological polar surface area (TPSA) is 46.9 Å². The number of hydrogen-bond acceptors (Lipinski definition) is 2. The van der Waals surface area contributed by atoms with E-state index >= 15 is 0 Å². The molecule has 1 heterocycles. The summed E-state index contributed by atoms with van der Waals surface area (Å²) < 4.78 is 2.22. The molecular formula is C25H24ClN3O. The van der Waals surface area contributed by atoms with Gasteiger partial charge in [0.25, 0.3) is 0 Å². The number of rotatable bonds is 6. The third-order valence-corrected chi connectivity index (χ3v) is 5.59. The number of amides is 1. The first-order valence-electron chi connectivity index (χ1n) is 10.1. The van der Waals surface area contributed by atoms with Crippen molar-refractivity contribution in [2.45, 2.75) is 32.4 Å². The molecule has 0 saturated heterocycles. The van der Waals surface area contributed by atoms with E-state index in [1.807, 2.05) is 55.5 Å². The van der Waals surface area contributed by atoms with Crippen molar-refractivity contribution in [2.24, 2.45) is 0 Å². The smallest absolute Gasteiger partial charge is 0.224 e. The summed E-state index contributed by atoms with van der Waals surface area (Å²) in [4.78, 5) is 17.5. The van der Waals surface area contributed by atoms with Gasteiger partial charge >= 0.3 is 0 Å². The highest BCUT2D eigenvalue weighted by Gasteiger charge is 2.22. The molecule has 4 nitrogen and oxygen atoms in total. The molecule has 2 unspecified atom stereocenters. The summed E-state index contributed by atoms with van der Waals surface area (Å²) in [5.74, 6) is 0.799. The Morgan fingerprint density at radius 3 is 2.37 bits per heavy atom. The maximum atomic E-state index is 12.7. The highest BCUT2D eigenvalue weighted by molar-refractivity contribution is 6.30. The van der Waals surface area contributed by atoms with Crippen molar-refractivity contribution in [3.05, 3.63) is 101 Å². The van der Waals surface area contributed by atoms with Crippen molar-refractivity contribution in [3.63, 3.8) is 0 Å². The molecule has 3 aromatic carbocycles. The van der Waals surface area contributed by atoms with E-state index < -0.39 is 0 Å². The molecule has 152 valence electrons. The Balaban J connectivity index is 1.62. The summed E-state index contributed by atoms with van der Waals surface area (Å²) in [6.07, 6.45) is 0.302. The third kappa shape index (κ3) is 4.24. The minimum atomic E-state index is -0.233. The van der Waals surface area contributed by atoms with Gasteiger partial charge in [-0.25, -0.2) is 4.98 Å². The molecule has 0 spiro atoms. The lowest BCUT2D eigenvalue weighted by molar-refractivity contribution is -0.121. The van der Waals surface area contributed by atoms with Crippen molar-refractivity contribution in [1.82, 2.24) is 14.9 Å². The highest BCUT2D eigenvalue weighted by Crippen LogP contribution is 2.28. The molecule has 30 heavy (non-hydrogen) atoms. The number of imidazole rings is 1. The van der Waals surface area contributed by atoms with Crippen molar-refractivity contribution >= 4 is 28.5 Å². The first-order chi connectivity index (χ1) is 14.5. The van der Waals surface area contributed by atoms with Gasteiger partial charge in [0.2, 0.25) is 5.91 Å². The number of nitrogens with one attached hydrogen (secondary N) is 1. The number of aromatic nitrogens is 2. The molecular weight excluding hydrogens is 394 g/mol. The number of halogens is 1. The third-order valence-electron chi connectivity index (χ3n) is 5.34. The van der Waals surface area contributed by atoms with Gasteiger partial charge in [0, 0.05) is 5.02 Å². The van der Waals surface area contributed by atoms with Crippen molar-refractivity contribution < 1.29 is 4.79 Å². The van der Waals surface area contributed by atoms with Crippen LogP contribution in [0.1, 0.15) is 42.9 Å². The number of para-hydroxylation sites is 2. The zero-order valence-corrected chi connectivity index (χ0v) is 17.8. The van der Waals surface area contributed by atoms with E-state index in [0.717, 1.165) is 22.4 Å². The lowest BCUT2D eigenvalue weighted by atomic mass is 10.1. The summed E-state index contributed by atoms with van der Waals surface area (Å²) in [6.45, 7) is 4.14. The van der Waals surface area contributed by atoms with Gasteiger partial charge in [-0.15, -0.1) is 0 Å². The van der Waals surface area contributed by atoms with Crippen LogP contribution in [0.3, 0.4) is 0 Å². The summed E-state index contributed by atoms with van der Waals surface area (Å²) in [5, 5.41) is 3.77. The highest BCUT2D eigenvalue weighted by atomic mass is 35.5. The Morgan fingerprint density at radius 1 is 0.967 bits per heavy atom. The van der Waals surface area contributed by atoms with Crippen LogP contribution < -0.4 is 5.32 Å². The van der Waals surface area contributed by atoms with Crippen LogP contribution in [-0.4, -0.2) is 15.5 Å². The fourth-order valence-corrected chi connectivity index (χ4v) is 3.93. The Labute approximate surface area is 181 Å². The van der Waals surface area contributed by atoms with Crippen LogP contribution in [-0.2, 0) is 11.2 Å². The van der Waals surface area contributed by atoms with Crippen LogP contribution >= 0.6 is 11.6 Å². The van der Waals surface area contributed by atoms with Gasteiger partial charge < -0.3 is 9.88 Å². The molecule has 0 saturated carbocycles. The second kappa shape index (κ2) is 8.72. The fraction of sp³-hybridized carbons (Fsp3) is 0.200. The molecule has 0 aliphatic rings. The second-order valence-electron chi connectivity index (χ2n) is 7.51. The standard InChI is InChI=1S/C25H24ClN3O/c1-17(27-24(30)16-19-12-14-21(26)15-13-19)25-28-22-10-6-7-11-23(22)29(25)18(2)20-8-4-3-5-9-20/h3-15,17-18H,16H2,1-2H3,(H,27,30). The molecule has 0 bridgehead atoms. The Kier molecular flexibility index (Phi) is 5.86. The van der Waals surface area contributed by atoms with E-state index in [1.165, 1.54) is 5.56 Å². The van der Waals surface area contributed by atoms with Gasteiger partial charge in [-0.3, -0.25) is 4.79 Å². The van der Waals surface area contributed by atoms with Crippen LogP contribution in [0.2, 0.25) is 5.02 Å². The Morgan fingerprint density at radius 2 is 1.63 bits per heavy atom. The fourth-order valence-electron chi connectivity index (χ4n) is 3.80. The van der Waals surface area contributed by atoms with Gasteiger partial charge in [0.05, 0.1) is 29.5 Å². The quantitative estimate of drug-likeness (QED) is 0.436. The zero-order valence-electron chi connectivity index (χ0n) is 17.0. The average molecular weight is 418 g/mol. The van der Waals surface area contributed by atoms with Crippen LogP contribution in [0.5, 0.6) is 0 Å². The molecule has 4 rings (SSSR count). The molecule has 1 amide bonds. The van der Waals surface area contributed by atoms with Crippen molar-refractivity contribution in [2.75, 3.05) is 0 Å². The summed E-state index contributed by atoms with van der Waals surface area (Å²) in [5.41, 5.74) is 4.11. The minimum Gasteiger partial charge on any atom is -0.346 e. The molecule has 1 aromatic heterocycles. The molecule has 0 radical (unpaired) electrons. The molecule has 5 heteroatoms. The largest absolute Gasteiger partial charge is 0.346 e. The Bertz CT molecular complexity index is 1150. The van der Waals surface area contributed by atoms with Crippen LogP contribution in [0.4, 0.5) is 0 Å². The molecule has 0 aliphatic heterocycles. The van der Waals surface area contributed by atoms with E-state index in [9.17, 15) is 4.79 Å². The SMILES string of the molecule is CC(NC(=O)Cc1ccc(Cl)cc1)c1nc2ccccc2n1C(C)c1ccccc1. The number of nitrogens with zero attached hydrogens (tertiary/aromatic N) is 2. The van der Waals surface area contributed by atoms with E-state index in [-0.39, 0.29) is 18.0 Å². The zero-order chi connectivity index (χ0) is 21.1. The second-order valence-corrected chi connectivity index (χ2v) is 7.94. The van der Waals surface area contributed by atoms with Gasteiger partial charge in [0.1, 0.15) is 5.82 Å². The number of carbonyl (C=O) groups is 1. The van der Waals surface area contributed by atoms with E-state index in [0.29, 0.717) is 11.4 Å². The first-order valence-corrected chi connectivity index (χ1v) is 10.5. The summed E-state index contributed by atoms with van der Waals surface area (Å²) in [6, 6.07) is 25.6. The molecule has 0 fully saturated rings. The number of carbonyl (C=O) groups excluding carboxylic acids is 1. The first kappa shape index (κ1) is 20.2. The van der Waals surface area contributed by atoms with Crippen LogP contribution in [0.15, 0.2) is 78.9 Å². The molecule has 1 N–H and O–H groups in total. The monoisotopic (exact) mass is 417 g/mol. The normalized spacial score (nSPS) is 13.2. The maximum Gasteiger partial charge on any atom is 0.224 e. The van der Waals surface area contributed by atoms with Gasteiger partial charge in [0.15, 0.2) is 0 Å². The van der Waals surface area contributed by atoms with Crippen LogP contribution in [0, 0.1) is 0 Å². The predicted molar refractivity (Wildman–Crippen MR) is 122 cm³/mol. The van der Waals surface area contributed by atoms with Crippen molar-refractivity contribution in [3.8, 4) is 0 Å². The molecule has 0 aliphatic carbocycles.